The van der Waals surface area contributed by atoms with Gasteiger partial charge in [0.15, 0.2) is 0 Å². The molecule has 0 aromatic carbocycles. The van der Waals surface area contributed by atoms with Crippen LogP contribution in [0.25, 0.3) is 0 Å². The Morgan fingerprint density at radius 3 is 2.62 bits per heavy atom. The first-order valence-corrected chi connectivity index (χ1v) is 8.28. The summed E-state index contributed by atoms with van der Waals surface area (Å²) in [5.41, 5.74) is -0.391. The average Bonchev–Trinajstić information content (AvgIpc) is 2.15. The number of ether oxygens (including phenoxy) is 1. The molecule has 0 spiro atoms. The third-order valence-electron chi connectivity index (χ3n) is 2.49. The lowest BCUT2D eigenvalue weighted by molar-refractivity contribution is 0.0187. The molecule has 2 unspecified atom stereocenters. The molecule has 1 aliphatic heterocycles. The lowest BCUT2D eigenvalue weighted by Gasteiger charge is -2.36. The number of likely N-dealkylation sites (tertiary alicyclic amines) is 1. The summed E-state index contributed by atoms with van der Waals surface area (Å²) in [6.07, 6.45) is 0.915. The Hall–Kier alpha value is 0.730. The highest BCUT2D eigenvalue weighted by Crippen LogP contribution is 2.26. The molecule has 1 aliphatic rings. The first-order valence-electron chi connectivity index (χ1n) is 5.51. The summed E-state index contributed by atoms with van der Waals surface area (Å²) in [6, 6.07) is 0. The predicted molar refractivity (Wildman–Crippen MR) is 82.6 cm³/mol. The van der Waals surface area contributed by atoms with Crippen molar-refractivity contribution in [2.24, 2.45) is 5.92 Å². The van der Waals surface area contributed by atoms with Crippen molar-refractivity contribution in [1.82, 2.24) is 4.90 Å². The van der Waals surface area contributed by atoms with Gasteiger partial charge in [-0.25, -0.2) is 4.79 Å². The smallest absolute Gasteiger partial charge is 0.410 e. The summed E-state index contributed by atoms with van der Waals surface area (Å²) < 4.78 is 7.18. The number of rotatable bonds is 1. The minimum absolute atomic E-state index is 0.161. The van der Waals surface area contributed by atoms with Crippen molar-refractivity contribution < 1.29 is 9.53 Å². The summed E-state index contributed by atoms with van der Waals surface area (Å²) in [5.74, 6) is 0.600. The predicted octanol–water partition coefficient (Wildman–Crippen LogP) is 3.48. The number of alkyl halides is 2. The Balaban J connectivity index is 2.52. The van der Waals surface area contributed by atoms with Gasteiger partial charge < -0.3 is 9.64 Å². The van der Waals surface area contributed by atoms with Crippen molar-refractivity contribution >= 4 is 51.3 Å². The molecule has 0 bridgehead atoms. The molecular weight excluding hydrogens is 432 g/mol. The van der Waals surface area contributed by atoms with Gasteiger partial charge in [-0.1, -0.05) is 45.2 Å². The van der Waals surface area contributed by atoms with Gasteiger partial charge in [0.05, 0.1) is 0 Å². The van der Waals surface area contributed by atoms with Crippen LogP contribution >= 0.6 is 45.2 Å². The maximum absolute atomic E-state index is 11.9. The summed E-state index contributed by atoms with van der Waals surface area (Å²) in [7, 11) is 0. The topological polar surface area (TPSA) is 29.5 Å². The molecule has 0 aromatic rings. The van der Waals surface area contributed by atoms with E-state index in [0.29, 0.717) is 9.84 Å². The van der Waals surface area contributed by atoms with Gasteiger partial charge in [-0.2, -0.15) is 0 Å². The highest BCUT2D eigenvalue weighted by Gasteiger charge is 2.31. The second kappa shape index (κ2) is 6.06. The number of carbonyl (C=O) groups excluding carboxylic acids is 1. The number of carbonyl (C=O) groups is 1. The fourth-order valence-electron chi connectivity index (χ4n) is 1.64. The Kier molecular flexibility index (Phi) is 5.60. The molecule has 3 nitrogen and oxygen atoms in total. The summed E-state index contributed by atoms with van der Waals surface area (Å²) in [6.45, 7) is 7.39. The highest BCUT2D eigenvalue weighted by molar-refractivity contribution is 14.1. The van der Waals surface area contributed by atoms with Crippen molar-refractivity contribution in [3.8, 4) is 0 Å². The van der Waals surface area contributed by atoms with Gasteiger partial charge in [0.2, 0.25) is 0 Å². The lowest BCUT2D eigenvalue weighted by atomic mass is 10.0. The Labute approximate surface area is 125 Å². The molecule has 2 atom stereocenters. The molecule has 1 saturated heterocycles. The van der Waals surface area contributed by atoms with E-state index >= 15 is 0 Å². The van der Waals surface area contributed by atoms with E-state index in [4.69, 9.17) is 4.74 Å². The Bertz CT molecular complexity index is 253. The molecule has 0 aromatic heterocycles. The van der Waals surface area contributed by atoms with Gasteiger partial charge in [0, 0.05) is 21.4 Å². The second-order valence-corrected chi connectivity index (χ2v) is 7.63. The quantitative estimate of drug-likeness (QED) is 0.452. The van der Waals surface area contributed by atoms with Crippen molar-refractivity contribution in [3.05, 3.63) is 0 Å². The molecule has 1 heterocycles. The maximum Gasteiger partial charge on any atom is 0.410 e. The summed E-state index contributed by atoms with van der Waals surface area (Å²) >= 11 is 4.90. The largest absolute Gasteiger partial charge is 0.444 e. The van der Waals surface area contributed by atoms with Crippen LogP contribution in [0.15, 0.2) is 0 Å². The van der Waals surface area contributed by atoms with Crippen LogP contribution in [0.5, 0.6) is 0 Å². The first kappa shape index (κ1) is 14.8. The number of piperidine rings is 1. The van der Waals surface area contributed by atoms with Gasteiger partial charge in [0.25, 0.3) is 0 Å². The number of amides is 1. The van der Waals surface area contributed by atoms with Crippen LogP contribution in [-0.2, 0) is 4.74 Å². The zero-order valence-electron chi connectivity index (χ0n) is 10.0. The second-order valence-electron chi connectivity index (χ2n) is 5.15. The van der Waals surface area contributed by atoms with E-state index in [1.54, 1.807) is 0 Å². The summed E-state index contributed by atoms with van der Waals surface area (Å²) in [5, 5.41) is 0. The van der Waals surface area contributed by atoms with Crippen molar-refractivity contribution in [2.45, 2.75) is 36.7 Å². The van der Waals surface area contributed by atoms with Crippen molar-refractivity contribution in [2.75, 3.05) is 17.5 Å². The molecular formula is C11H19I2NO2. The van der Waals surface area contributed by atoms with Crippen molar-refractivity contribution in [1.29, 1.82) is 0 Å². The molecule has 1 amide bonds. The Morgan fingerprint density at radius 2 is 2.12 bits per heavy atom. The van der Waals surface area contributed by atoms with Gasteiger partial charge in [-0.15, -0.1) is 0 Å². The molecule has 1 rings (SSSR count). The first-order chi connectivity index (χ1) is 7.33. The molecule has 94 valence electrons. The summed E-state index contributed by atoms with van der Waals surface area (Å²) in [4.78, 5) is 13.7. The van der Waals surface area contributed by atoms with E-state index in [0.717, 1.165) is 23.9 Å². The fourth-order valence-corrected chi connectivity index (χ4v) is 4.27. The minimum atomic E-state index is -0.391. The maximum atomic E-state index is 11.9. The van der Waals surface area contributed by atoms with Crippen molar-refractivity contribution in [3.63, 3.8) is 0 Å². The zero-order chi connectivity index (χ0) is 12.3. The highest BCUT2D eigenvalue weighted by atomic mass is 127. The van der Waals surface area contributed by atoms with E-state index in [2.05, 4.69) is 45.2 Å². The fraction of sp³-hybridized carbons (Fsp3) is 0.909. The van der Waals surface area contributed by atoms with Gasteiger partial charge >= 0.3 is 6.09 Å². The number of hydrogen-bond donors (Lipinski definition) is 0. The molecule has 16 heavy (non-hydrogen) atoms. The number of hydrogen-bond acceptors (Lipinski definition) is 2. The number of halogens is 2. The van der Waals surface area contributed by atoms with E-state index < -0.39 is 5.60 Å². The third-order valence-corrected chi connectivity index (χ3v) is 5.26. The monoisotopic (exact) mass is 451 g/mol. The van der Waals surface area contributed by atoms with Crippen LogP contribution in [0.2, 0.25) is 0 Å². The molecule has 0 radical (unpaired) electrons. The molecule has 0 N–H and O–H groups in total. The van der Waals surface area contributed by atoms with Crippen LogP contribution < -0.4 is 0 Å². The van der Waals surface area contributed by atoms with E-state index in [1.165, 1.54) is 0 Å². The van der Waals surface area contributed by atoms with Gasteiger partial charge in [-0.3, -0.25) is 0 Å². The van der Waals surface area contributed by atoms with E-state index in [9.17, 15) is 4.79 Å². The normalized spacial score (nSPS) is 26.7. The van der Waals surface area contributed by atoms with Crippen LogP contribution in [0.1, 0.15) is 27.2 Å². The van der Waals surface area contributed by atoms with E-state index in [1.807, 2.05) is 25.7 Å². The average molecular weight is 451 g/mol. The molecule has 0 aliphatic carbocycles. The standard InChI is InChI=1S/C11H19I2NO2/c1-11(2,3)16-10(15)14-5-4-9(13)8(6-12)7-14/h8-9H,4-7H2,1-3H3. The van der Waals surface area contributed by atoms with Crippen LogP contribution in [0.3, 0.4) is 0 Å². The number of nitrogens with zero attached hydrogens (tertiary/aromatic N) is 1. The van der Waals surface area contributed by atoms with Gasteiger partial charge in [-0.05, 0) is 33.1 Å². The molecule has 5 heteroatoms. The van der Waals surface area contributed by atoms with E-state index in [-0.39, 0.29) is 6.09 Å². The van der Waals surface area contributed by atoms with Crippen LogP contribution in [0, 0.1) is 5.92 Å². The Morgan fingerprint density at radius 1 is 1.50 bits per heavy atom. The van der Waals surface area contributed by atoms with Gasteiger partial charge in [0.1, 0.15) is 5.60 Å². The third kappa shape index (κ3) is 4.54. The van der Waals surface area contributed by atoms with Crippen LogP contribution in [0.4, 0.5) is 4.79 Å². The molecule has 1 fully saturated rings. The minimum Gasteiger partial charge on any atom is -0.444 e. The lowest BCUT2D eigenvalue weighted by Crippen LogP contribution is -2.46. The van der Waals surface area contributed by atoms with Crippen LogP contribution in [-0.4, -0.2) is 38.0 Å². The molecule has 0 saturated carbocycles. The zero-order valence-corrected chi connectivity index (χ0v) is 14.3. The SMILES string of the molecule is CC(C)(C)OC(=O)N1CCC(I)C(CI)C1.